The van der Waals surface area contributed by atoms with Gasteiger partial charge in [-0.2, -0.15) is 5.26 Å². The lowest BCUT2D eigenvalue weighted by Crippen LogP contribution is -2.13. The van der Waals surface area contributed by atoms with Crippen molar-refractivity contribution in [1.82, 2.24) is 9.38 Å². The van der Waals surface area contributed by atoms with Crippen molar-refractivity contribution in [2.45, 2.75) is 13.8 Å². The summed E-state index contributed by atoms with van der Waals surface area (Å²) >= 11 is 1.54. The minimum Gasteiger partial charge on any atom is -0.321 e. The lowest BCUT2D eigenvalue weighted by atomic mass is 10.2. The maximum absolute atomic E-state index is 12.9. The van der Waals surface area contributed by atoms with Crippen LogP contribution in [0.2, 0.25) is 0 Å². The molecule has 0 saturated heterocycles. The Balaban J connectivity index is 1.93. The number of thiazole rings is 1. The third-order valence-electron chi connectivity index (χ3n) is 3.41. The molecule has 0 unspecified atom stereocenters. The van der Waals surface area contributed by atoms with Crippen molar-refractivity contribution in [1.29, 1.82) is 5.26 Å². The van der Waals surface area contributed by atoms with Crippen LogP contribution in [0.4, 0.5) is 10.1 Å². The third kappa shape index (κ3) is 3.05. The van der Waals surface area contributed by atoms with Gasteiger partial charge in [-0.3, -0.25) is 9.20 Å². The molecule has 0 radical (unpaired) electrons. The normalized spacial score (nSPS) is 11.5. The van der Waals surface area contributed by atoms with E-state index < -0.39 is 11.7 Å². The van der Waals surface area contributed by atoms with Crippen molar-refractivity contribution in [3.8, 4) is 6.07 Å². The van der Waals surface area contributed by atoms with Crippen molar-refractivity contribution >= 4 is 34.0 Å². The van der Waals surface area contributed by atoms with E-state index in [1.807, 2.05) is 30.5 Å². The predicted molar refractivity (Wildman–Crippen MR) is 91.2 cm³/mol. The standard InChI is InChI=1S/C17H13FN4OS/c1-10-9-22-15(11(2)20-17(22)24-10)7-12(8-19)16(23)21-14-5-3-13(18)4-6-14/h3-7,9H,1-2H3,(H,21,23)/b12-7+. The zero-order valence-electron chi connectivity index (χ0n) is 13.0. The van der Waals surface area contributed by atoms with Crippen molar-refractivity contribution < 1.29 is 9.18 Å². The number of amides is 1. The van der Waals surface area contributed by atoms with Crippen molar-refractivity contribution in [2.75, 3.05) is 5.32 Å². The van der Waals surface area contributed by atoms with Crippen LogP contribution >= 0.6 is 11.3 Å². The molecule has 1 N–H and O–H groups in total. The lowest BCUT2D eigenvalue weighted by Gasteiger charge is -2.04. The van der Waals surface area contributed by atoms with E-state index in [4.69, 9.17) is 0 Å². The van der Waals surface area contributed by atoms with Crippen LogP contribution in [0.3, 0.4) is 0 Å². The number of hydrogen-bond donors (Lipinski definition) is 1. The Morgan fingerprint density at radius 1 is 1.38 bits per heavy atom. The molecular weight excluding hydrogens is 327 g/mol. The molecule has 0 aliphatic rings. The second-order valence-corrected chi connectivity index (χ2v) is 6.42. The maximum Gasteiger partial charge on any atom is 0.266 e. The van der Waals surface area contributed by atoms with Gasteiger partial charge in [0.15, 0.2) is 4.96 Å². The molecule has 3 aromatic rings. The Morgan fingerprint density at radius 2 is 2.08 bits per heavy atom. The number of rotatable bonds is 3. The van der Waals surface area contributed by atoms with E-state index in [1.54, 1.807) is 0 Å². The van der Waals surface area contributed by atoms with Crippen LogP contribution in [-0.2, 0) is 4.79 Å². The molecule has 0 atom stereocenters. The van der Waals surface area contributed by atoms with Gasteiger partial charge in [-0.1, -0.05) is 0 Å². The first-order valence-electron chi connectivity index (χ1n) is 7.11. The number of imidazole rings is 1. The molecule has 24 heavy (non-hydrogen) atoms. The molecule has 0 bridgehead atoms. The van der Waals surface area contributed by atoms with Gasteiger partial charge in [0.25, 0.3) is 5.91 Å². The van der Waals surface area contributed by atoms with Crippen LogP contribution in [0.1, 0.15) is 16.3 Å². The summed E-state index contributed by atoms with van der Waals surface area (Å²) in [5, 5.41) is 11.9. The monoisotopic (exact) mass is 340 g/mol. The molecule has 7 heteroatoms. The Bertz CT molecular complexity index is 992. The number of nitriles is 1. The van der Waals surface area contributed by atoms with Crippen LogP contribution in [-0.4, -0.2) is 15.3 Å². The highest BCUT2D eigenvalue weighted by molar-refractivity contribution is 7.17. The maximum atomic E-state index is 12.9. The predicted octanol–water partition coefficient (Wildman–Crippen LogP) is 3.70. The Kier molecular flexibility index (Phi) is 4.15. The Hall–Kier alpha value is -2.98. The van der Waals surface area contributed by atoms with Crippen LogP contribution in [0.25, 0.3) is 11.0 Å². The van der Waals surface area contributed by atoms with Crippen LogP contribution in [0.5, 0.6) is 0 Å². The molecule has 0 saturated carbocycles. The number of halogens is 1. The smallest absolute Gasteiger partial charge is 0.266 e. The SMILES string of the molecule is Cc1cn2c(/C=C(\C#N)C(=O)Nc3ccc(F)cc3)c(C)nc2s1. The van der Waals surface area contributed by atoms with E-state index in [0.29, 0.717) is 11.4 Å². The second-order valence-electron chi connectivity index (χ2n) is 5.21. The van der Waals surface area contributed by atoms with E-state index in [2.05, 4.69) is 10.3 Å². The summed E-state index contributed by atoms with van der Waals surface area (Å²) in [7, 11) is 0. The molecule has 120 valence electrons. The minimum absolute atomic E-state index is 0.0481. The number of nitrogens with zero attached hydrogens (tertiary/aromatic N) is 3. The minimum atomic E-state index is -0.551. The zero-order valence-corrected chi connectivity index (χ0v) is 13.8. The number of carbonyl (C=O) groups is 1. The van der Waals surface area contributed by atoms with Gasteiger partial charge >= 0.3 is 0 Å². The topological polar surface area (TPSA) is 70.2 Å². The number of carbonyl (C=O) groups excluding carboxylic acids is 1. The average molecular weight is 340 g/mol. The highest BCUT2D eigenvalue weighted by Gasteiger charge is 2.14. The van der Waals surface area contributed by atoms with Crippen molar-refractivity contribution in [3.63, 3.8) is 0 Å². The highest BCUT2D eigenvalue weighted by atomic mass is 32.1. The molecule has 3 rings (SSSR count). The number of anilines is 1. The summed E-state index contributed by atoms with van der Waals surface area (Å²) in [6.07, 6.45) is 3.43. The number of benzene rings is 1. The molecule has 1 amide bonds. The molecule has 1 aromatic carbocycles. The van der Waals surface area contributed by atoms with E-state index in [1.165, 1.54) is 41.7 Å². The summed E-state index contributed by atoms with van der Waals surface area (Å²) < 4.78 is 14.8. The van der Waals surface area contributed by atoms with E-state index in [0.717, 1.165) is 15.5 Å². The highest BCUT2D eigenvalue weighted by Crippen LogP contribution is 2.22. The zero-order chi connectivity index (χ0) is 17.3. The molecule has 2 heterocycles. The van der Waals surface area contributed by atoms with Gasteiger partial charge in [0.1, 0.15) is 17.5 Å². The molecule has 2 aromatic heterocycles. The summed E-state index contributed by atoms with van der Waals surface area (Å²) in [4.78, 5) is 18.6. The molecule has 0 fully saturated rings. The number of aromatic nitrogens is 2. The number of aryl methyl sites for hydroxylation is 2. The first kappa shape index (κ1) is 15.9. The quantitative estimate of drug-likeness (QED) is 0.584. The van der Waals surface area contributed by atoms with Gasteiger partial charge in [0, 0.05) is 16.8 Å². The average Bonchev–Trinajstić information content (AvgIpc) is 3.02. The summed E-state index contributed by atoms with van der Waals surface area (Å²) in [5.74, 6) is -0.945. The molecular formula is C17H13FN4OS. The number of nitrogens with one attached hydrogen (secondary N) is 1. The number of hydrogen-bond acceptors (Lipinski definition) is 4. The van der Waals surface area contributed by atoms with Gasteiger partial charge in [-0.05, 0) is 44.2 Å². The van der Waals surface area contributed by atoms with Gasteiger partial charge < -0.3 is 5.32 Å². The fourth-order valence-corrected chi connectivity index (χ4v) is 3.15. The Labute approximate surface area is 141 Å². The second kappa shape index (κ2) is 6.26. The molecule has 0 aliphatic carbocycles. The van der Waals surface area contributed by atoms with Gasteiger partial charge in [0.2, 0.25) is 0 Å². The molecule has 5 nitrogen and oxygen atoms in total. The third-order valence-corrected chi connectivity index (χ3v) is 4.31. The van der Waals surface area contributed by atoms with Gasteiger partial charge in [0.05, 0.1) is 11.4 Å². The molecule has 0 aliphatic heterocycles. The van der Waals surface area contributed by atoms with Crippen LogP contribution in [0.15, 0.2) is 36.0 Å². The summed E-state index contributed by atoms with van der Waals surface area (Å²) in [6.45, 7) is 3.79. The van der Waals surface area contributed by atoms with Crippen LogP contribution < -0.4 is 5.32 Å². The van der Waals surface area contributed by atoms with Crippen LogP contribution in [0, 0.1) is 31.0 Å². The van der Waals surface area contributed by atoms with Gasteiger partial charge in [-0.25, -0.2) is 9.37 Å². The van der Waals surface area contributed by atoms with Gasteiger partial charge in [-0.15, -0.1) is 11.3 Å². The first-order chi connectivity index (χ1) is 11.5. The van der Waals surface area contributed by atoms with Crippen molar-refractivity contribution in [2.24, 2.45) is 0 Å². The van der Waals surface area contributed by atoms with E-state index >= 15 is 0 Å². The fraction of sp³-hybridized carbons (Fsp3) is 0.118. The molecule has 0 spiro atoms. The van der Waals surface area contributed by atoms with Crippen molar-refractivity contribution in [3.05, 3.63) is 58.1 Å². The number of fused-ring (bicyclic) bond motifs is 1. The fourth-order valence-electron chi connectivity index (χ4n) is 2.27. The Morgan fingerprint density at radius 3 is 2.75 bits per heavy atom. The largest absolute Gasteiger partial charge is 0.321 e. The summed E-state index contributed by atoms with van der Waals surface area (Å²) in [6, 6.07) is 7.26. The lowest BCUT2D eigenvalue weighted by molar-refractivity contribution is -0.112. The summed E-state index contributed by atoms with van der Waals surface area (Å²) in [5.41, 5.74) is 1.81. The van der Waals surface area contributed by atoms with E-state index in [-0.39, 0.29) is 5.57 Å². The van der Waals surface area contributed by atoms with E-state index in [9.17, 15) is 14.4 Å². The first-order valence-corrected chi connectivity index (χ1v) is 7.93.